The highest BCUT2D eigenvalue weighted by molar-refractivity contribution is 5.90. The number of aromatic nitrogens is 4. The third-order valence-corrected chi connectivity index (χ3v) is 3.67. The minimum absolute atomic E-state index is 0.241. The summed E-state index contributed by atoms with van der Waals surface area (Å²) in [6.07, 6.45) is 4.91. The summed E-state index contributed by atoms with van der Waals surface area (Å²) in [6, 6.07) is 4.73. The number of ether oxygens (including phenoxy) is 1. The Morgan fingerprint density at radius 2 is 2.17 bits per heavy atom. The van der Waals surface area contributed by atoms with Crippen LogP contribution in [0.2, 0.25) is 0 Å². The number of benzene rings is 1. The molecule has 7 heteroatoms. The second-order valence-electron chi connectivity index (χ2n) is 5.29. The number of nitrogens with zero attached hydrogens (tertiary/aromatic N) is 4. The molecule has 0 aliphatic carbocycles. The van der Waals surface area contributed by atoms with Gasteiger partial charge in [-0.3, -0.25) is 0 Å². The number of carbonyl (C=O) groups excluding carboxylic acids is 1. The van der Waals surface area contributed by atoms with Crippen molar-refractivity contribution in [2.45, 2.75) is 13.8 Å². The van der Waals surface area contributed by atoms with Crippen molar-refractivity contribution in [1.82, 2.24) is 19.3 Å². The van der Waals surface area contributed by atoms with E-state index in [9.17, 15) is 9.18 Å². The van der Waals surface area contributed by atoms with Crippen LogP contribution in [0.4, 0.5) is 4.39 Å². The van der Waals surface area contributed by atoms with Crippen LogP contribution >= 0.6 is 0 Å². The summed E-state index contributed by atoms with van der Waals surface area (Å²) < 4.78 is 22.7. The molecule has 0 N–H and O–H groups in total. The third-order valence-electron chi connectivity index (χ3n) is 3.67. The summed E-state index contributed by atoms with van der Waals surface area (Å²) in [6.45, 7) is 3.68. The van der Waals surface area contributed by atoms with Crippen molar-refractivity contribution in [2.24, 2.45) is 7.05 Å². The summed E-state index contributed by atoms with van der Waals surface area (Å²) in [4.78, 5) is 16.2. The molecular formula is C17H17FN4O2. The molecule has 0 bridgehead atoms. The smallest absolute Gasteiger partial charge is 0.341 e. The normalized spacial score (nSPS) is 10.8. The predicted octanol–water partition coefficient (Wildman–Crippen LogP) is 2.90. The van der Waals surface area contributed by atoms with Gasteiger partial charge in [-0.15, -0.1) is 0 Å². The molecule has 1 aromatic carbocycles. The van der Waals surface area contributed by atoms with Crippen LogP contribution in [0.1, 0.15) is 23.0 Å². The van der Waals surface area contributed by atoms with Crippen molar-refractivity contribution in [3.8, 4) is 17.1 Å². The monoisotopic (exact) mass is 328 g/mol. The van der Waals surface area contributed by atoms with E-state index in [0.29, 0.717) is 22.6 Å². The number of aryl methyl sites for hydroxylation is 2. The lowest BCUT2D eigenvalue weighted by Gasteiger charge is -2.10. The minimum atomic E-state index is -0.476. The van der Waals surface area contributed by atoms with E-state index in [-0.39, 0.29) is 12.3 Å². The SMILES string of the molecule is CCOC(=O)c1cn(-c2c(F)cccc2-c2nccn2C)nc1C. The fourth-order valence-corrected chi connectivity index (χ4v) is 2.54. The largest absolute Gasteiger partial charge is 0.462 e. The zero-order valence-electron chi connectivity index (χ0n) is 13.7. The molecule has 0 saturated carbocycles. The van der Waals surface area contributed by atoms with Crippen molar-refractivity contribution in [2.75, 3.05) is 6.61 Å². The molecule has 24 heavy (non-hydrogen) atoms. The van der Waals surface area contributed by atoms with Gasteiger partial charge in [0.05, 0.1) is 12.3 Å². The van der Waals surface area contributed by atoms with E-state index in [2.05, 4.69) is 10.1 Å². The summed E-state index contributed by atoms with van der Waals surface area (Å²) in [5.74, 6) is -0.320. The molecule has 0 spiro atoms. The highest BCUT2D eigenvalue weighted by atomic mass is 19.1. The number of carbonyl (C=O) groups is 1. The number of imidazole rings is 1. The molecule has 2 aromatic heterocycles. The van der Waals surface area contributed by atoms with Gasteiger partial charge in [0.25, 0.3) is 0 Å². The molecule has 3 rings (SSSR count). The van der Waals surface area contributed by atoms with E-state index >= 15 is 0 Å². The van der Waals surface area contributed by atoms with Crippen LogP contribution in [0.3, 0.4) is 0 Å². The second kappa shape index (κ2) is 6.27. The van der Waals surface area contributed by atoms with E-state index in [4.69, 9.17) is 4.74 Å². The fraction of sp³-hybridized carbons (Fsp3) is 0.235. The number of para-hydroxylation sites is 1. The molecule has 0 amide bonds. The van der Waals surface area contributed by atoms with E-state index in [0.717, 1.165) is 0 Å². The molecule has 0 atom stereocenters. The Morgan fingerprint density at radius 1 is 1.38 bits per heavy atom. The fourth-order valence-electron chi connectivity index (χ4n) is 2.54. The lowest BCUT2D eigenvalue weighted by Crippen LogP contribution is -2.05. The molecule has 124 valence electrons. The van der Waals surface area contributed by atoms with Gasteiger partial charge in [0, 0.05) is 31.2 Å². The summed E-state index contributed by atoms with van der Waals surface area (Å²) in [5, 5.41) is 4.28. The Hall–Kier alpha value is -2.96. The van der Waals surface area contributed by atoms with Crippen LogP contribution < -0.4 is 0 Å². The maximum absolute atomic E-state index is 14.5. The van der Waals surface area contributed by atoms with Crippen LogP contribution in [-0.2, 0) is 11.8 Å². The van der Waals surface area contributed by atoms with Crippen molar-refractivity contribution in [3.05, 3.63) is 53.9 Å². The first kappa shape index (κ1) is 15.9. The van der Waals surface area contributed by atoms with Crippen molar-refractivity contribution in [1.29, 1.82) is 0 Å². The lowest BCUT2D eigenvalue weighted by molar-refractivity contribution is 0.0525. The zero-order valence-corrected chi connectivity index (χ0v) is 13.7. The average Bonchev–Trinajstić information content (AvgIpc) is 3.13. The van der Waals surface area contributed by atoms with Gasteiger partial charge >= 0.3 is 5.97 Å². The summed E-state index contributed by atoms with van der Waals surface area (Å²) in [5.41, 5.74) is 1.61. The predicted molar refractivity (Wildman–Crippen MR) is 86.4 cm³/mol. The van der Waals surface area contributed by atoms with E-state index in [1.165, 1.54) is 16.9 Å². The van der Waals surface area contributed by atoms with Crippen LogP contribution in [0.5, 0.6) is 0 Å². The standard InChI is InChI=1S/C17H17FN4O2/c1-4-24-17(23)13-10-22(20-11(13)2)15-12(6-5-7-14(15)18)16-19-8-9-21(16)3/h5-10H,4H2,1-3H3. The third kappa shape index (κ3) is 2.68. The lowest BCUT2D eigenvalue weighted by atomic mass is 10.1. The molecule has 0 aliphatic rings. The minimum Gasteiger partial charge on any atom is -0.462 e. The molecule has 0 unspecified atom stereocenters. The highest BCUT2D eigenvalue weighted by Crippen LogP contribution is 2.28. The van der Waals surface area contributed by atoms with Gasteiger partial charge in [-0.05, 0) is 26.0 Å². The first-order valence-electron chi connectivity index (χ1n) is 7.53. The quantitative estimate of drug-likeness (QED) is 0.691. The molecule has 0 saturated heterocycles. The van der Waals surface area contributed by atoms with Crippen molar-refractivity contribution in [3.63, 3.8) is 0 Å². The topological polar surface area (TPSA) is 61.9 Å². The number of hydrogen-bond acceptors (Lipinski definition) is 4. The van der Waals surface area contributed by atoms with E-state index in [1.807, 2.05) is 7.05 Å². The maximum atomic E-state index is 14.5. The molecule has 0 radical (unpaired) electrons. The van der Waals surface area contributed by atoms with E-state index < -0.39 is 11.8 Å². The van der Waals surface area contributed by atoms with E-state index in [1.54, 1.807) is 42.9 Å². The highest BCUT2D eigenvalue weighted by Gasteiger charge is 2.20. The van der Waals surface area contributed by atoms with Crippen LogP contribution in [0.25, 0.3) is 17.1 Å². The van der Waals surface area contributed by atoms with Crippen LogP contribution in [0.15, 0.2) is 36.8 Å². The van der Waals surface area contributed by atoms with Crippen molar-refractivity contribution >= 4 is 5.97 Å². The number of halogens is 1. The Labute approximate surface area is 138 Å². The molecule has 3 aromatic rings. The number of rotatable bonds is 4. The Balaban J connectivity index is 2.16. The van der Waals surface area contributed by atoms with Crippen LogP contribution in [0, 0.1) is 12.7 Å². The average molecular weight is 328 g/mol. The van der Waals surface area contributed by atoms with Gasteiger partial charge in [-0.1, -0.05) is 6.07 Å². The first-order valence-corrected chi connectivity index (χ1v) is 7.53. The molecule has 2 heterocycles. The molecule has 0 fully saturated rings. The Kier molecular flexibility index (Phi) is 4.16. The van der Waals surface area contributed by atoms with Gasteiger partial charge in [0.1, 0.15) is 22.9 Å². The summed E-state index contributed by atoms with van der Waals surface area (Å²) in [7, 11) is 1.83. The van der Waals surface area contributed by atoms with Gasteiger partial charge in [0.15, 0.2) is 0 Å². The molecule has 6 nitrogen and oxygen atoms in total. The zero-order chi connectivity index (χ0) is 17.3. The molecular weight excluding hydrogens is 311 g/mol. The Bertz CT molecular complexity index is 898. The number of esters is 1. The first-order chi connectivity index (χ1) is 11.5. The van der Waals surface area contributed by atoms with Gasteiger partial charge in [-0.2, -0.15) is 5.10 Å². The van der Waals surface area contributed by atoms with Gasteiger partial charge < -0.3 is 9.30 Å². The maximum Gasteiger partial charge on any atom is 0.341 e. The van der Waals surface area contributed by atoms with Crippen molar-refractivity contribution < 1.29 is 13.9 Å². The second-order valence-corrected chi connectivity index (χ2v) is 5.29. The van der Waals surface area contributed by atoms with Crippen LogP contribution in [-0.4, -0.2) is 31.9 Å². The van der Waals surface area contributed by atoms with Gasteiger partial charge in [-0.25, -0.2) is 18.9 Å². The number of hydrogen-bond donors (Lipinski definition) is 0. The Morgan fingerprint density at radius 3 is 2.83 bits per heavy atom. The van der Waals surface area contributed by atoms with Gasteiger partial charge in [0.2, 0.25) is 0 Å². The summed E-state index contributed by atoms with van der Waals surface area (Å²) >= 11 is 0. The molecule has 0 aliphatic heterocycles.